The van der Waals surface area contributed by atoms with Crippen molar-refractivity contribution in [2.75, 3.05) is 13.2 Å². The average Bonchev–Trinajstić information content (AvgIpc) is 2.16. The van der Waals surface area contributed by atoms with Gasteiger partial charge in [-0.1, -0.05) is 6.07 Å². The highest BCUT2D eigenvalue weighted by Crippen LogP contribution is 2.18. The average molecular weight is 195 g/mol. The first-order valence-electron chi connectivity index (χ1n) is 4.28. The molecule has 4 nitrogen and oxygen atoms in total. The Morgan fingerprint density at radius 3 is 2.57 bits per heavy atom. The van der Waals surface area contributed by atoms with Crippen molar-refractivity contribution in [3.63, 3.8) is 0 Å². The van der Waals surface area contributed by atoms with Crippen LogP contribution in [-0.4, -0.2) is 19.2 Å². The van der Waals surface area contributed by atoms with Crippen LogP contribution in [0.25, 0.3) is 0 Å². The molecule has 4 heteroatoms. The van der Waals surface area contributed by atoms with E-state index in [1.54, 1.807) is 24.3 Å². The molecule has 0 saturated heterocycles. The van der Waals surface area contributed by atoms with Crippen LogP contribution in [0.5, 0.6) is 11.5 Å². The molecule has 0 atom stereocenters. The zero-order chi connectivity index (χ0) is 10.4. The Morgan fingerprint density at radius 1 is 1.36 bits per heavy atom. The number of benzene rings is 1. The van der Waals surface area contributed by atoms with Crippen molar-refractivity contribution in [1.82, 2.24) is 0 Å². The molecule has 1 rings (SSSR count). The maximum Gasteiger partial charge on any atom is 0.128 e. The maximum atomic E-state index is 10.1. The van der Waals surface area contributed by atoms with E-state index in [9.17, 15) is 9.90 Å². The summed E-state index contributed by atoms with van der Waals surface area (Å²) in [6.45, 7) is 1.98. The van der Waals surface area contributed by atoms with Gasteiger partial charge in [0.25, 0.3) is 0 Å². The van der Waals surface area contributed by atoms with E-state index in [1.165, 1.54) is 0 Å². The van der Waals surface area contributed by atoms with Crippen LogP contribution < -0.4 is 14.6 Å². The maximum absolute atomic E-state index is 10.1. The molecule has 0 spiro atoms. The van der Waals surface area contributed by atoms with Crippen molar-refractivity contribution in [3.05, 3.63) is 24.3 Å². The zero-order valence-corrected chi connectivity index (χ0v) is 7.86. The Kier molecular flexibility index (Phi) is 3.79. The zero-order valence-electron chi connectivity index (χ0n) is 7.86. The quantitative estimate of drug-likeness (QED) is 0.674. The van der Waals surface area contributed by atoms with Crippen LogP contribution in [0.3, 0.4) is 0 Å². The summed E-state index contributed by atoms with van der Waals surface area (Å²) in [5.41, 5.74) is 0. The molecule has 14 heavy (non-hydrogen) atoms. The summed E-state index contributed by atoms with van der Waals surface area (Å²) in [6.07, 6.45) is 0. The first kappa shape index (κ1) is 10.4. The van der Waals surface area contributed by atoms with Crippen molar-refractivity contribution >= 4 is 5.97 Å². The van der Waals surface area contributed by atoms with Gasteiger partial charge in [0, 0.05) is 6.07 Å². The lowest BCUT2D eigenvalue weighted by atomic mass is 10.3. The van der Waals surface area contributed by atoms with E-state index in [2.05, 4.69) is 0 Å². The molecule has 0 aliphatic rings. The topological polar surface area (TPSA) is 58.6 Å². The molecule has 0 aliphatic heterocycles. The number of hydrogen-bond acceptors (Lipinski definition) is 4. The number of ether oxygens (including phenoxy) is 2. The Bertz CT molecular complexity index is 309. The predicted molar refractivity (Wildman–Crippen MR) is 48.1 cm³/mol. The fourth-order valence-electron chi connectivity index (χ4n) is 0.963. The second kappa shape index (κ2) is 5.11. The molecule has 0 unspecified atom stereocenters. The largest absolute Gasteiger partial charge is 0.546 e. The third-order valence-electron chi connectivity index (χ3n) is 1.47. The van der Waals surface area contributed by atoms with Gasteiger partial charge in [0.15, 0.2) is 0 Å². The van der Waals surface area contributed by atoms with Gasteiger partial charge in [0.2, 0.25) is 0 Å². The molecule has 0 fully saturated rings. The molecular formula is C10H11O4-. The van der Waals surface area contributed by atoms with Gasteiger partial charge in [0.05, 0.1) is 12.6 Å². The third-order valence-corrected chi connectivity index (χ3v) is 1.47. The van der Waals surface area contributed by atoms with Crippen molar-refractivity contribution in [2.24, 2.45) is 0 Å². The minimum atomic E-state index is -1.24. The minimum absolute atomic E-state index is 0.449. The molecule has 1 aromatic carbocycles. The lowest BCUT2D eigenvalue weighted by molar-refractivity contribution is -0.307. The van der Waals surface area contributed by atoms with E-state index >= 15 is 0 Å². The van der Waals surface area contributed by atoms with Crippen LogP contribution in [0, 0.1) is 0 Å². The summed E-state index contributed by atoms with van der Waals surface area (Å²) >= 11 is 0. The van der Waals surface area contributed by atoms with Gasteiger partial charge in [-0.15, -0.1) is 0 Å². The van der Waals surface area contributed by atoms with Crippen LogP contribution in [0.1, 0.15) is 6.92 Å². The van der Waals surface area contributed by atoms with Gasteiger partial charge in [-0.3, -0.25) is 0 Å². The monoisotopic (exact) mass is 195 g/mol. The van der Waals surface area contributed by atoms with Crippen molar-refractivity contribution in [3.8, 4) is 11.5 Å². The molecule has 0 saturated carbocycles. The second-order valence-corrected chi connectivity index (χ2v) is 2.57. The highest BCUT2D eigenvalue weighted by molar-refractivity contribution is 5.66. The fraction of sp³-hybridized carbons (Fsp3) is 0.300. The van der Waals surface area contributed by atoms with Crippen molar-refractivity contribution in [1.29, 1.82) is 0 Å². The molecular weight excluding hydrogens is 184 g/mol. The van der Waals surface area contributed by atoms with Crippen molar-refractivity contribution < 1.29 is 19.4 Å². The summed E-state index contributed by atoms with van der Waals surface area (Å²) < 4.78 is 10.1. The molecule has 0 amide bonds. The second-order valence-electron chi connectivity index (χ2n) is 2.57. The number of carbonyl (C=O) groups is 1. The molecule has 0 heterocycles. The standard InChI is InChI=1S/C10H12O4/c1-2-13-8-4-3-5-9(6-8)14-7-10(11)12/h3-6H,2,7H2,1H3,(H,11,12)/p-1. The molecule has 0 aliphatic carbocycles. The fourth-order valence-corrected chi connectivity index (χ4v) is 0.963. The number of hydrogen-bond donors (Lipinski definition) is 0. The molecule has 0 radical (unpaired) electrons. The van der Waals surface area contributed by atoms with E-state index in [-0.39, 0.29) is 0 Å². The number of carboxylic acids is 1. The number of aliphatic carboxylic acids is 1. The van der Waals surface area contributed by atoms with E-state index < -0.39 is 12.6 Å². The number of carboxylic acid groups (broad SMARTS) is 1. The van der Waals surface area contributed by atoms with Gasteiger partial charge in [-0.2, -0.15) is 0 Å². The Hall–Kier alpha value is -1.71. The molecule has 0 bridgehead atoms. The Morgan fingerprint density at radius 2 is 2.00 bits per heavy atom. The van der Waals surface area contributed by atoms with Crippen LogP contribution in [-0.2, 0) is 4.79 Å². The summed E-state index contributed by atoms with van der Waals surface area (Å²) in [6, 6.07) is 6.79. The van der Waals surface area contributed by atoms with Gasteiger partial charge >= 0.3 is 0 Å². The Balaban J connectivity index is 2.58. The SMILES string of the molecule is CCOc1cccc(OCC(=O)[O-])c1. The summed E-state index contributed by atoms with van der Waals surface area (Å²) in [5.74, 6) is -0.129. The normalized spacial score (nSPS) is 9.50. The molecule has 1 aromatic rings. The van der Waals surface area contributed by atoms with Crippen LogP contribution in [0.2, 0.25) is 0 Å². The first-order chi connectivity index (χ1) is 6.72. The molecule has 76 valence electrons. The smallest absolute Gasteiger partial charge is 0.128 e. The van der Waals surface area contributed by atoms with E-state index in [4.69, 9.17) is 9.47 Å². The van der Waals surface area contributed by atoms with E-state index in [0.717, 1.165) is 0 Å². The molecule has 0 aromatic heterocycles. The van der Waals surface area contributed by atoms with Crippen molar-refractivity contribution in [2.45, 2.75) is 6.92 Å². The van der Waals surface area contributed by atoms with Crippen LogP contribution in [0.15, 0.2) is 24.3 Å². The predicted octanol–water partition coefficient (Wildman–Crippen LogP) is 0.214. The van der Waals surface area contributed by atoms with Crippen LogP contribution >= 0.6 is 0 Å². The molecule has 0 N–H and O–H groups in total. The first-order valence-corrected chi connectivity index (χ1v) is 4.28. The number of rotatable bonds is 5. The Labute approximate surface area is 82.1 Å². The lowest BCUT2D eigenvalue weighted by Crippen LogP contribution is -2.28. The minimum Gasteiger partial charge on any atom is -0.546 e. The third kappa shape index (κ3) is 3.35. The highest BCUT2D eigenvalue weighted by Gasteiger charge is 1.96. The summed E-state index contributed by atoms with van der Waals surface area (Å²) in [7, 11) is 0. The van der Waals surface area contributed by atoms with Crippen LogP contribution in [0.4, 0.5) is 0 Å². The summed E-state index contributed by atoms with van der Waals surface area (Å²) in [5, 5.41) is 10.1. The van der Waals surface area contributed by atoms with Gasteiger partial charge < -0.3 is 19.4 Å². The van der Waals surface area contributed by atoms with Gasteiger partial charge in [0.1, 0.15) is 18.1 Å². The van der Waals surface area contributed by atoms with Gasteiger partial charge in [-0.25, -0.2) is 0 Å². The van der Waals surface area contributed by atoms with E-state index in [1.807, 2.05) is 6.92 Å². The lowest BCUT2D eigenvalue weighted by Gasteiger charge is -2.08. The highest BCUT2D eigenvalue weighted by atomic mass is 16.5. The summed E-state index contributed by atoms with van der Waals surface area (Å²) in [4.78, 5) is 10.1. The number of carbonyl (C=O) groups excluding carboxylic acids is 1. The van der Waals surface area contributed by atoms with E-state index in [0.29, 0.717) is 18.1 Å². The van der Waals surface area contributed by atoms with Gasteiger partial charge in [-0.05, 0) is 19.1 Å².